The first-order valence-electron chi connectivity index (χ1n) is 11.9. The van der Waals surface area contributed by atoms with Gasteiger partial charge >= 0.3 is 0 Å². The van der Waals surface area contributed by atoms with Crippen LogP contribution in [0.1, 0.15) is 40.7 Å². The summed E-state index contributed by atoms with van der Waals surface area (Å²) in [7, 11) is 2.22. The number of quaternary nitrogens is 1. The van der Waals surface area contributed by atoms with Gasteiger partial charge in [0.2, 0.25) is 5.91 Å². The van der Waals surface area contributed by atoms with Crippen LogP contribution in [-0.4, -0.2) is 42.9 Å². The number of likely N-dealkylation sites (tertiary alicyclic amines) is 1. The highest BCUT2D eigenvalue weighted by atomic mass is 35.5. The quantitative estimate of drug-likeness (QED) is 0.340. The van der Waals surface area contributed by atoms with Crippen molar-refractivity contribution in [3.05, 3.63) is 107 Å². The molecule has 0 saturated carbocycles. The highest BCUT2D eigenvalue weighted by molar-refractivity contribution is 6.33. The summed E-state index contributed by atoms with van der Waals surface area (Å²) in [4.78, 5) is 25.9. The number of hydrogen-bond acceptors (Lipinski definition) is 2. The maximum absolute atomic E-state index is 13.3. The highest BCUT2D eigenvalue weighted by Crippen LogP contribution is 2.45. The average molecular weight is 476 g/mol. The Bertz CT molecular complexity index is 1110. The molecule has 34 heavy (non-hydrogen) atoms. The number of primary amides is 1. The topological polar surface area (TPSA) is 60.2 Å². The van der Waals surface area contributed by atoms with Crippen LogP contribution in [0.2, 0.25) is 5.02 Å². The summed E-state index contributed by atoms with van der Waals surface area (Å²) in [6.07, 6.45) is 2.12. The fourth-order valence-electron chi connectivity index (χ4n) is 5.71. The van der Waals surface area contributed by atoms with Crippen LogP contribution in [0.5, 0.6) is 0 Å². The molecule has 1 heterocycles. The van der Waals surface area contributed by atoms with Gasteiger partial charge in [0.25, 0.3) is 0 Å². The first kappa shape index (κ1) is 24.2. The molecule has 3 aromatic carbocycles. The van der Waals surface area contributed by atoms with Crippen LogP contribution in [-0.2, 0) is 10.2 Å². The van der Waals surface area contributed by atoms with E-state index in [1.54, 1.807) is 12.1 Å². The van der Waals surface area contributed by atoms with Crippen molar-refractivity contribution in [3.8, 4) is 0 Å². The molecule has 2 N–H and O–H groups in total. The number of nitrogens with two attached hydrogens (primary N) is 1. The fraction of sp³-hybridized carbons (Fsp3) is 0.310. The molecule has 5 heteroatoms. The lowest BCUT2D eigenvalue weighted by Crippen LogP contribution is -2.51. The number of halogens is 1. The molecule has 4 nitrogen and oxygen atoms in total. The van der Waals surface area contributed by atoms with Crippen LogP contribution in [0.15, 0.2) is 84.9 Å². The number of Topliss-reactive ketones (excluding diaryl/α,β-unsaturated/α-hetero) is 1. The van der Waals surface area contributed by atoms with E-state index in [1.807, 2.05) is 72.8 Å². The number of benzene rings is 3. The van der Waals surface area contributed by atoms with Crippen LogP contribution in [0.3, 0.4) is 0 Å². The number of hydrogen-bond donors (Lipinski definition) is 1. The Hall–Kier alpha value is -2.95. The molecule has 176 valence electrons. The number of carbonyl (C=O) groups excluding carboxylic acids is 2. The summed E-state index contributed by atoms with van der Waals surface area (Å²) in [6, 6.07) is 27.1. The SMILES string of the molecule is C[N+]1(CCCC(=O)c2ccccc2Cl)CC[C@@H](C(C(N)=O)(c2ccccc2)c2ccccc2)C1. The van der Waals surface area contributed by atoms with Crippen molar-refractivity contribution >= 4 is 23.3 Å². The second kappa shape index (κ2) is 10.1. The molecule has 1 amide bonds. The lowest BCUT2D eigenvalue weighted by Gasteiger charge is -2.38. The second-order valence-corrected chi connectivity index (χ2v) is 10.1. The van der Waals surface area contributed by atoms with Gasteiger partial charge in [-0.05, 0) is 23.3 Å². The Kier molecular flexibility index (Phi) is 7.20. The third kappa shape index (κ3) is 4.66. The first-order valence-corrected chi connectivity index (χ1v) is 12.3. The Morgan fingerprint density at radius 1 is 0.941 bits per heavy atom. The summed E-state index contributed by atoms with van der Waals surface area (Å²) in [5.41, 5.74) is 7.82. The fourth-order valence-corrected chi connectivity index (χ4v) is 5.95. The van der Waals surface area contributed by atoms with Gasteiger partial charge in [0.05, 0.1) is 31.7 Å². The van der Waals surface area contributed by atoms with Gasteiger partial charge in [-0.25, -0.2) is 0 Å². The Balaban J connectivity index is 1.55. The summed E-state index contributed by atoms with van der Waals surface area (Å²) >= 11 is 6.20. The van der Waals surface area contributed by atoms with Crippen LogP contribution >= 0.6 is 11.6 Å². The smallest absolute Gasteiger partial charge is 0.233 e. The van der Waals surface area contributed by atoms with Crippen molar-refractivity contribution in [2.45, 2.75) is 24.7 Å². The molecule has 1 saturated heterocycles. The molecule has 1 fully saturated rings. The molecular weight excluding hydrogens is 444 g/mol. The zero-order valence-corrected chi connectivity index (χ0v) is 20.4. The van der Waals surface area contributed by atoms with Crippen molar-refractivity contribution in [1.29, 1.82) is 0 Å². The van der Waals surface area contributed by atoms with Crippen molar-refractivity contribution < 1.29 is 14.1 Å². The van der Waals surface area contributed by atoms with Gasteiger partial charge < -0.3 is 10.2 Å². The number of nitrogens with zero attached hydrogens (tertiary/aromatic N) is 1. The number of carbonyl (C=O) groups is 2. The molecule has 1 aliphatic heterocycles. The molecule has 4 rings (SSSR count). The summed E-state index contributed by atoms with van der Waals surface area (Å²) in [5.74, 6) is -0.163. The standard InChI is InChI=1S/C29H31ClN2O2/c1-32(19-10-17-27(33)25-15-8-9-16-26(25)30)20-18-24(21-32)29(28(31)34,22-11-4-2-5-12-22)23-13-6-3-7-14-23/h2-9,11-16,24H,10,17-21H2,1H3,(H-,31,34)/p+1/t24-,32?/m1/s1. The van der Waals surface area contributed by atoms with Crippen molar-refractivity contribution in [2.75, 3.05) is 26.7 Å². The lowest BCUT2D eigenvalue weighted by molar-refractivity contribution is -0.899. The third-order valence-corrected chi connectivity index (χ3v) is 7.74. The van der Waals surface area contributed by atoms with Gasteiger partial charge in [-0.3, -0.25) is 9.59 Å². The molecule has 2 atom stereocenters. The normalized spacial score (nSPS) is 20.2. The van der Waals surface area contributed by atoms with Gasteiger partial charge in [0.15, 0.2) is 5.78 Å². The van der Waals surface area contributed by atoms with E-state index in [0.29, 0.717) is 17.0 Å². The van der Waals surface area contributed by atoms with E-state index >= 15 is 0 Å². The number of amides is 1. The van der Waals surface area contributed by atoms with Gasteiger partial charge in [0.1, 0.15) is 5.41 Å². The second-order valence-electron chi connectivity index (χ2n) is 9.65. The minimum atomic E-state index is -0.883. The monoisotopic (exact) mass is 475 g/mol. The van der Waals surface area contributed by atoms with E-state index in [0.717, 1.165) is 48.1 Å². The summed E-state index contributed by atoms with van der Waals surface area (Å²) in [6.45, 7) is 2.64. The highest BCUT2D eigenvalue weighted by Gasteiger charge is 2.53. The largest absolute Gasteiger partial charge is 0.369 e. The Morgan fingerprint density at radius 3 is 2.06 bits per heavy atom. The third-order valence-electron chi connectivity index (χ3n) is 7.41. The van der Waals surface area contributed by atoms with Crippen LogP contribution in [0, 0.1) is 5.92 Å². The summed E-state index contributed by atoms with van der Waals surface area (Å²) < 4.78 is 0.815. The van der Waals surface area contributed by atoms with Crippen molar-refractivity contribution in [1.82, 2.24) is 0 Å². The molecule has 0 radical (unpaired) electrons. The molecule has 0 aromatic heterocycles. The minimum absolute atomic E-state index is 0.0686. The van der Waals surface area contributed by atoms with E-state index in [9.17, 15) is 9.59 Å². The van der Waals surface area contributed by atoms with E-state index in [2.05, 4.69) is 7.05 Å². The van der Waals surface area contributed by atoms with Gasteiger partial charge in [-0.15, -0.1) is 0 Å². The Labute approximate surface area is 206 Å². The van der Waals surface area contributed by atoms with E-state index in [-0.39, 0.29) is 17.6 Å². The molecule has 1 aliphatic rings. The van der Waals surface area contributed by atoms with Crippen molar-refractivity contribution in [3.63, 3.8) is 0 Å². The van der Waals surface area contributed by atoms with Gasteiger partial charge in [-0.2, -0.15) is 0 Å². The molecule has 0 spiro atoms. The van der Waals surface area contributed by atoms with E-state index in [1.165, 1.54) is 0 Å². The maximum Gasteiger partial charge on any atom is 0.233 e. The zero-order valence-electron chi connectivity index (χ0n) is 19.6. The van der Waals surface area contributed by atoms with E-state index in [4.69, 9.17) is 17.3 Å². The number of ketones is 1. The van der Waals surface area contributed by atoms with Gasteiger partial charge in [0, 0.05) is 30.7 Å². The molecule has 0 aliphatic carbocycles. The number of rotatable bonds is 9. The zero-order chi connectivity index (χ0) is 24.2. The molecule has 1 unspecified atom stereocenters. The van der Waals surface area contributed by atoms with Crippen LogP contribution in [0.4, 0.5) is 0 Å². The minimum Gasteiger partial charge on any atom is -0.369 e. The molecular formula is C29H32ClN2O2+. The van der Waals surface area contributed by atoms with Crippen LogP contribution in [0.25, 0.3) is 0 Å². The summed E-state index contributed by atoms with van der Waals surface area (Å²) in [5, 5.41) is 0.506. The van der Waals surface area contributed by atoms with Crippen molar-refractivity contribution in [2.24, 2.45) is 11.7 Å². The van der Waals surface area contributed by atoms with Crippen LogP contribution < -0.4 is 5.73 Å². The van der Waals surface area contributed by atoms with Gasteiger partial charge in [-0.1, -0.05) is 84.4 Å². The predicted molar refractivity (Wildman–Crippen MR) is 137 cm³/mol. The Morgan fingerprint density at radius 2 is 1.50 bits per heavy atom. The predicted octanol–water partition coefficient (Wildman–Crippen LogP) is 5.24. The maximum atomic E-state index is 13.3. The molecule has 3 aromatic rings. The molecule has 0 bridgehead atoms. The van der Waals surface area contributed by atoms with E-state index < -0.39 is 5.41 Å². The lowest BCUT2D eigenvalue weighted by atomic mass is 9.64. The average Bonchev–Trinajstić information content (AvgIpc) is 3.23. The first-order chi connectivity index (χ1) is 16.4.